The molecule has 30 heavy (non-hydrogen) atoms. The van der Waals surface area contributed by atoms with Gasteiger partial charge in [0.15, 0.2) is 0 Å². The number of aryl methyl sites for hydroxylation is 2. The first-order chi connectivity index (χ1) is 14.7. The fourth-order valence-electron chi connectivity index (χ4n) is 4.62. The number of hydrogen-bond acceptors (Lipinski definition) is 3. The number of hydrogen-bond donors (Lipinski definition) is 1. The zero-order chi connectivity index (χ0) is 20.7. The molecule has 5 rings (SSSR count). The van der Waals surface area contributed by atoms with Crippen LogP contribution < -0.4 is 0 Å². The fraction of sp³-hybridized carbons (Fsp3) is 0.185. The predicted octanol–water partition coefficient (Wildman–Crippen LogP) is 6.71. The maximum Gasteiger partial charge on any atom is 0.140 e. The van der Waals surface area contributed by atoms with E-state index in [-0.39, 0.29) is 6.04 Å². The lowest BCUT2D eigenvalue weighted by Crippen LogP contribution is -2.25. The van der Waals surface area contributed by atoms with Crippen molar-refractivity contribution in [1.82, 2.24) is 4.90 Å². The van der Waals surface area contributed by atoms with E-state index >= 15 is 0 Å². The minimum absolute atomic E-state index is 0.0842. The number of rotatable bonds is 4. The summed E-state index contributed by atoms with van der Waals surface area (Å²) in [4.78, 5) is 2.37. The molecule has 3 heteroatoms. The number of nitrogens with zero attached hydrogens (tertiary/aromatic N) is 1. The Labute approximate surface area is 176 Å². The van der Waals surface area contributed by atoms with Crippen molar-refractivity contribution in [2.45, 2.75) is 19.9 Å². The highest BCUT2D eigenvalue weighted by Crippen LogP contribution is 2.42. The number of para-hydroxylation sites is 1. The van der Waals surface area contributed by atoms with Gasteiger partial charge in [0.25, 0.3) is 0 Å². The topological polar surface area (TPSA) is 36.6 Å². The van der Waals surface area contributed by atoms with Crippen LogP contribution in [0.2, 0.25) is 0 Å². The zero-order valence-electron chi connectivity index (χ0n) is 17.3. The zero-order valence-corrected chi connectivity index (χ0v) is 17.3. The molecule has 1 aromatic heterocycles. The van der Waals surface area contributed by atoms with Gasteiger partial charge in [0, 0.05) is 29.4 Å². The molecular formula is C27H25NO2. The van der Waals surface area contributed by atoms with Gasteiger partial charge in [-0.1, -0.05) is 66.7 Å². The van der Waals surface area contributed by atoms with Gasteiger partial charge in [-0.3, -0.25) is 4.90 Å². The molecule has 0 radical (unpaired) electrons. The van der Waals surface area contributed by atoms with Crippen molar-refractivity contribution in [3.63, 3.8) is 0 Å². The van der Waals surface area contributed by atoms with E-state index in [1.165, 1.54) is 27.6 Å². The van der Waals surface area contributed by atoms with Crippen LogP contribution in [0.25, 0.3) is 27.5 Å². The van der Waals surface area contributed by atoms with Gasteiger partial charge in [-0.15, -0.1) is 0 Å². The Kier molecular flexibility index (Phi) is 4.68. The average Bonchev–Trinajstić information content (AvgIpc) is 3.35. The van der Waals surface area contributed by atoms with E-state index in [9.17, 15) is 5.11 Å². The largest absolute Gasteiger partial charge is 0.516 e. The molecule has 0 saturated heterocycles. The predicted molar refractivity (Wildman–Crippen MR) is 124 cm³/mol. The molecule has 3 nitrogen and oxygen atoms in total. The molecule has 1 aliphatic rings. The summed E-state index contributed by atoms with van der Waals surface area (Å²) in [5.74, 6) is 0. The van der Waals surface area contributed by atoms with Gasteiger partial charge in [-0.05, 0) is 42.2 Å². The van der Waals surface area contributed by atoms with Crippen LogP contribution in [0.1, 0.15) is 28.3 Å². The van der Waals surface area contributed by atoms with Gasteiger partial charge in [0.1, 0.15) is 11.2 Å². The van der Waals surface area contributed by atoms with Gasteiger partial charge in [-0.25, -0.2) is 0 Å². The molecule has 2 heterocycles. The first-order valence-corrected chi connectivity index (χ1v) is 10.4. The molecule has 1 aliphatic heterocycles. The summed E-state index contributed by atoms with van der Waals surface area (Å²) < 4.78 is 6.48. The van der Waals surface area contributed by atoms with Crippen LogP contribution in [0.5, 0.6) is 0 Å². The van der Waals surface area contributed by atoms with E-state index in [4.69, 9.17) is 4.42 Å². The van der Waals surface area contributed by atoms with Gasteiger partial charge in [0.05, 0.1) is 12.3 Å². The third kappa shape index (κ3) is 3.03. The van der Waals surface area contributed by atoms with Crippen molar-refractivity contribution in [2.75, 3.05) is 13.1 Å². The van der Waals surface area contributed by atoms with E-state index in [1.807, 2.05) is 6.07 Å². The minimum atomic E-state index is 0.0842. The molecule has 0 amide bonds. The van der Waals surface area contributed by atoms with Gasteiger partial charge >= 0.3 is 0 Å². The maximum absolute atomic E-state index is 9.28. The number of aliphatic hydroxyl groups is 1. The summed E-state index contributed by atoms with van der Waals surface area (Å²) >= 11 is 0. The standard InChI is InChI=1S/C27H25NO2/c1-18-12-13-23-22-11-6-8-19(2)26(22)30-27(23)25(18)24-16-21(17-28(24)14-7-15-29)20-9-4-3-5-10-20/h3-13,15-16,24,29H,14,17H2,1-2H3/b15-7-. The molecule has 1 unspecified atom stereocenters. The monoisotopic (exact) mass is 395 g/mol. The Bertz CT molecular complexity index is 1280. The number of fused-ring (bicyclic) bond motifs is 3. The number of benzene rings is 3. The Morgan fingerprint density at radius 1 is 0.933 bits per heavy atom. The molecule has 1 atom stereocenters. The van der Waals surface area contributed by atoms with Crippen LogP contribution in [0.15, 0.2) is 83.5 Å². The third-order valence-electron chi connectivity index (χ3n) is 6.13. The normalized spacial score (nSPS) is 17.4. The third-order valence-corrected chi connectivity index (χ3v) is 6.13. The second kappa shape index (κ2) is 7.51. The highest BCUT2D eigenvalue weighted by Gasteiger charge is 2.30. The number of aliphatic hydroxyl groups excluding tert-OH is 1. The quantitative estimate of drug-likeness (QED) is 0.390. The summed E-state index contributed by atoms with van der Waals surface area (Å²) in [5, 5.41) is 11.6. The molecule has 0 bridgehead atoms. The summed E-state index contributed by atoms with van der Waals surface area (Å²) in [6.45, 7) is 5.75. The van der Waals surface area contributed by atoms with Crippen LogP contribution in [0.3, 0.4) is 0 Å². The van der Waals surface area contributed by atoms with Crippen molar-refractivity contribution >= 4 is 27.5 Å². The van der Waals surface area contributed by atoms with Gasteiger partial charge < -0.3 is 9.52 Å². The van der Waals surface area contributed by atoms with Crippen LogP contribution >= 0.6 is 0 Å². The van der Waals surface area contributed by atoms with Crippen LogP contribution in [0.4, 0.5) is 0 Å². The lowest BCUT2D eigenvalue weighted by Gasteiger charge is -2.24. The average molecular weight is 396 g/mol. The highest BCUT2D eigenvalue weighted by molar-refractivity contribution is 6.07. The van der Waals surface area contributed by atoms with Crippen molar-refractivity contribution in [3.8, 4) is 0 Å². The molecule has 0 spiro atoms. The van der Waals surface area contributed by atoms with Crippen LogP contribution in [-0.2, 0) is 0 Å². The summed E-state index contributed by atoms with van der Waals surface area (Å²) in [7, 11) is 0. The van der Waals surface area contributed by atoms with E-state index in [0.29, 0.717) is 6.54 Å². The fourth-order valence-corrected chi connectivity index (χ4v) is 4.62. The SMILES string of the molecule is Cc1ccc2c(oc3c(C)cccc32)c1C1C=C(c2ccccc2)CN1C/C=C\O. The Morgan fingerprint density at radius 3 is 2.53 bits per heavy atom. The van der Waals surface area contributed by atoms with Gasteiger partial charge in [0.2, 0.25) is 0 Å². The van der Waals surface area contributed by atoms with Crippen LogP contribution in [0, 0.1) is 13.8 Å². The van der Waals surface area contributed by atoms with Gasteiger partial charge in [-0.2, -0.15) is 0 Å². The molecule has 0 fully saturated rings. The number of furan rings is 1. The highest BCUT2D eigenvalue weighted by atomic mass is 16.3. The Balaban J connectivity index is 1.71. The summed E-state index contributed by atoms with van der Waals surface area (Å²) in [6.07, 6.45) is 5.28. The van der Waals surface area contributed by atoms with Crippen molar-refractivity contribution in [1.29, 1.82) is 0 Å². The molecule has 0 saturated carbocycles. The summed E-state index contributed by atoms with van der Waals surface area (Å²) in [5.41, 5.74) is 8.05. The smallest absolute Gasteiger partial charge is 0.140 e. The minimum Gasteiger partial charge on any atom is -0.516 e. The lowest BCUT2D eigenvalue weighted by atomic mass is 9.96. The molecule has 1 N–H and O–H groups in total. The molecule has 4 aromatic rings. The Hall–Kier alpha value is -3.30. The first kappa shape index (κ1) is 18.7. The van der Waals surface area contributed by atoms with E-state index < -0.39 is 0 Å². The Morgan fingerprint density at radius 2 is 1.73 bits per heavy atom. The second-order valence-electron chi connectivity index (χ2n) is 8.04. The van der Waals surface area contributed by atoms with Crippen molar-refractivity contribution in [2.24, 2.45) is 0 Å². The first-order valence-electron chi connectivity index (χ1n) is 10.4. The van der Waals surface area contributed by atoms with E-state index in [2.05, 4.69) is 79.4 Å². The van der Waals surface area contributed by atoms with Crippen LogP contribution in [-0.4, -0.2) is 23.1 Å². The molecule has 150 valence electrons. The molecular weight excluding hydrogens is 370 g/mol. The lowest BCUT2D eigenvalue weighted by molar-refractivity contribution is 0.304. The van der Waals surface area contributed by atoms with Crippen molar-refractivity contribution in [3.05, 3.63) is 101 Å². The maximum atomic E-state index is 9.28. The second-order valence-corrected chi connectivity index (χ2v) is 8.04. The molecule has 3 aromatic carbocycles. The molecule has 0 aliphatic carbocycles. The summed E-state index contributed by atoms with van der Waals surface area (Å²) in [6, 6.07) is 21.3. The van der Waals surface area contributed by atoms with E-state index in [1.54, 1.807) is 6.08 Å². The van der Waals surface area contributed by atoms with Crippen molar-refractivity contribution < 1.29 is 9.52 Å². The van der Waals surface area contributed by atoms with E-state index in [0.717, 1.165) is 34.9 Å².